The van der Waals surface area contributed by atoms with Gasteiger partial charge >= 0.3 is 0 Å². The molecule has 0 spiro atoms. The first-order valence-electron chi connectivity index (χ1n) is 7.13. The number of benzene rings is 3. The molecule has 3 nitrogen and oxygen atoms in total. The van der Waals surface area contributed by atoms with Crippen LogP contribution in [0.25, 0.3) is 22.3 Å². The molecular weight excluding hydrogens is 282 g/mol. The zero-order chi connectivity index (χ0) is 16.2. The standard InChI is InChI=1S/C20H13N3/c21-12-18-16(14-7-3-1-4-8-14)11-17(19(13-22)20(18)23)15-9-5-2-6-10-15/h1-11H,23H2. The van der Waals surface area contributed by atoms with Crippen molar-refractivity contribution in [3.8, 4) is 34.4 Å². The third kappa shape index (κ3) is 2.52. The average molecular weight is 295 g/mol. The third-order valence-electron chi connectivity index (χ3n) is 3.76. The van der Waals surface area contributed by atoms with Crippen LogP contribution >= 0.6 is 0 Å². The highest BCUT2D eigenvalue weighted by Crippen LogP contribution is 2.36. The summed E-state index contributed by atoms with van der Waals surface area (Å²) < 4.78 is 0. The van der Waals surface area contributed by atoms with Crippen LogP contribution in [-0.4, -0.2) is 0 Å². The Kier molecular flexibility index (Phi) is 3.78. The van der Waals surface area contributed by atoms with Crippen LogP contribution in [0.3, 0.4) is 0 Å². The van der Waals surface area contributed by atoms with E-state index in [0.29, 0.717) is 11.1 Å². The minimum absolute atomic E-state index is 0.232. The van der Waals surface area contributed by atoms with Crippen molar-refractivity contribution in [3.05, 3.63) is 77.9 Å². The molecular formula is C20H13N3. The Labute approximate surface area is 134 Å². The second kappa shape index (κ2) is 6.05. The largest absolute Gasteiger partial charge is 0.397 e. The molecule has 2 N–H and O–H groups in total. The van der Waals surface area contributed by atoms with E-state index in [1.54, 1.807) is 0 Å². The van der Waals surface area contributed by atoms with E-state index in [0.717, 1.165) is 22.3 Å². The Morgan fingerprint density at radius 1 is 0.652 bits per heavy atom. The van der Waals surface area contributed by atoms with Gasteiger partial charge < -0.3 is 5.73 Å². The summed E-state index contributed by atoms with van der Waals surface area (Å²) >= 11 is 0. The summed E-state index contributed by atoms with van der Waals surface area (Å²) in [7, 11) is 0. The molecule has 0 saturated carbocycles. The van der Waals surface area contributed by atoms with Crippen LogP contribution in [-0.2, 0) is 0 Å². The molecule has 0 saturated heterocycles. The van der Waals surface area contributed by atoms with Crippen LogP contribution in [0.1, 0.15) is 11.1 Å². The van der Waals surface area contributed by atoms with Gasteiger partial charge in [0.25, 0.3) is 0 Å². The van der Waals surface area contributed by atoms with Gasteiger partial charge in [-0.25, -0.2) is 0 Å². The number of hydrogen-bond acceptors (Lipinski definition) is 3. The monoisotopic (exact) mass is 295 g/mol. The summed E-state index contributed by atoms with van der Waals surface area (Å²) in [6.45, 7) is 0. The molecule has 0 atom stereocenters. The molecule has 3 aromatic carbocycles. The van der Waals surface area contributed by atoms with Crippen molar-refractivity contribution in [1.29, 1.82) is 10.5 Å². The number of nitrogens with two attached hydrogens (primary N) is 1. The molecule has 3 aromatic rings. The number of hydrogen-bond donors (Lipinski definition) is 1. The van der Waals surface area contributed by atoms with E-state index in [9.17, 15) is 10.5 Å². The van der Waals surface area contributed by atoms with Crippen molar-refractivity contribution < 1.29 is 0 Å². The molecule has 0 aliphatic carbocycles. The van der Waals surface area contributed by atoms with E-state index in [1.165, 1.54) is 0 Å². The highest BCUT2D eigenvalue weighted by Gasteiger charge is 2.17. The first-order chi connectivity index (χ1) is 11.3. The molecule has 0 heterocycles. The molecule has 108 valence electrons. The van der Waals surface area contributed by atoms with Crippen molar-refractivity contribution in [3.63, 3.8) is 0 Å². The van der Waals surface area contributed by atoms with Crippen molar-refractivity contribution in [2.45, 2.75) is 0 Å². The summed E-state index contributed by atoms with van der Waals surface area (Å²) in [5.74, 6) is 0. The Balaban J connectivity index is 2.37. The lowest BCUT2D eigenvalue weighted by atomic mass is 9.90. The van der Waals surface area contributed by atoms with Gasteiger partial charge in [0.2, 0.25) is 0 Å². The van der Waals surface area contributed by atoms with Gasteiger partial charge in [0.1, 0.15) is 12.1 Å². The van der Waals surface area contributed by atoms with Gasteiger partial charge in [0, 0.05) is 11.1 Å². The molecule has 0 radical (unpaired) electrons. The highest BCUT2D eigenvalue weighted by molar-refractivity contribution is 5.89. The van der Waals surface area contributed by atoms with Crippen molar-refractivity contribution in [1.82, 2.24) is 0 Å². The summed E-state index contributed by atoms with van der Waals surface area (Å²) in [5.41, 5.74) is 10.3. The normalized spacial score (nSPS) is 9.83. The van der Waals surface area contributed by atoms with Crippen molar-refractivity contribution in [2.75, 3.05) is 5.73 Å². The van der Waals surface area contributed by atoms with Crippen LogP contribution in [0.4, 0.5) is 5.69 Å². The Morgan fingerprint density at radius 2 is 1.04 bits per heavy atom. The fourth-order valence-corrected chi connectivity index (χ4v) is 2.64. The maximum absolute atomic E-state index is 9.50. The molecule has 0 bridgehead atoms. The van der Waals surface area contributed by atoms with Gasteiger partial charge in [0.05, 0.1) is 16.8 Å². The third-order valence-corrected chi connectivity index (χ3v) is 3.76. The lowest BCUT2D eigenvalue weighted by Gasteiger charge is -2.13. The molecule has 3 heteroatoms. The lowest BCUT2D eigenvalue weighted by Crippen LogP contribution is -2.00. The fraction of sp³-hybridized carbons (Fsp3) is 0. The maximum atomic E-state index is 9.50. The van der Waals surface area contributed by atoms with E-state index < -0.39 is 0 Å². The van der Waals surface area contributed by atoms with Crippen LogP contribution in [0.5, 0.6) is 0 Å². The van der Waals surface area contributed by atoms with Gasteiger partial charge in [0.15, 0.2) is 0 Å². The van der Waals surface area contributed by atoms with Crippen molar-refractivity contribution >= 4 is 5.69 Å². The zero-order valence-corrected chi connectivity index (χ0v) is 12.3. The lowest BCUT2D eigenvalue weighted by molar-refractivity contribution is 1.44. The first kappa shape index (κ1) is 14.4. The van der Waals surface area contributed by atoms with E-state index in [-0.39, 0.29) is 5.69 Å². The fourth-order valence-electron chi connectivity index (χ4n) is 2.64. The molecule has 0 amide bonds. The first-order valence-corrected chi connectivity index (χ1v) is 7.13. The SMILES string of the molecule is N#Cc1c(-c2ccccc2)cc(-c2ccccc2)c(C#N)c1N. The highest BCUT2D eigenvalue weighted by atomic mass is 14.6. The van der Waals surface area contributed by atoms with Gasteiger partial charge in [-0.3, -0.25) is 0 Å². The van der Waals surface area contributed by atoms with E-state index in [2.05, 4.69) is 12.1 Å². The predicted octanol–water partition coefficient (Wildman–Crippen LogP) is 4.35. The molecule has 0 aromatic heterocycles. The smallest absolute Gasteiger partial charge is 0.102 e. The van der Waals surface area contributed by atoms with Gasteiger partial charge in [-0.2, -0.15) is 10.5 Å². The summed E-state index contributed by atoms with van der Waals surface area (Å²) in [5, 5.41) is 19.0. The predicted molar refractivity (Wildman–Crippen MR) is 91.2 cm³/mol. The minimum atomic E-state index is 0.232. The van der Waals surface area contributed by atoms with E-state index in [4.69, 9.17) is 5.73 Å². The zero-order valence-electron chi connectivity index (χ0n) is 12.3. The minimum Gasteiger partial charge on any atom is -0.397 e. The molecule has 23 heavy (non-hydrogen) atoms. The number of nitriles is 2. The van der Waals surface area contributed by atoms with E-state index >= 15 is 0 Å². The van der Waals surface area contributed by atoms with Crippen LogP contribution in [0.15, 0.2) is 66.7 Å². The second-order valence-corrected chi connectivity index (χ2v) is 5.09. The quantitative estimate of drug-likeness (QED) is 0.714. The number of rotatable bonds is 2. The van der Waals surface area contributed by atoms with Gasteiger partial charge in [-0.1, -0.05) is 60.7 Å². The van der Waals surface area contributed by atoms with Crippen molar-refractivity contribution in [2.24, 2.45) is 0 Å². The second-order valence-electron chi connectivity index (χ2n) is 5.09. The van der Waals surface area contributed by atoms with Crippen LogP contribution in [0, 0.1) is 22.7 Å². The Morgan fingerprint density at radius 3 is 1.39 bits per heavy atom. The number of nitrogen functional groups attached to an aromatic ring is 1. The molecule has 3 rings (SSSR count). The van der Waals surface area contributed by atoms with Crippen LogP contribution < -0.4 is 5.73 Å². The van der Waals surface area contributed by atoms with Gasteiger partial charge in [-0.15, -0.1) is 0 Å². The maximum Gasteiger partial charge on any atom is 0.102 e. The topological polar surface area (TPSA) is 73.6 Å². The van der Waals surface area contributed by atoms with Crippen LogP contribution in [0.2, 0.25) is 0 Å². The van der Waals surface area contributed by atoms with Gasteiger partial charge in [-0.05, 0) is 17.2 Å². The summed E-state index contributed by atoms with van der Waals surface area (Å²) in [4.78, 5) is 0. The Bertz CT molecular complexity index is 855. The molecule has 0 unspecified atom stereocenters. The number of nitrogens with zero attached hydrogens (tertiary/aromatic N) is 2. The molecule has 0 aliphatic heterocycles. The molecule has 0 aliphatic rings. The summed E-state index contributed by atoms with van der Waals surface area (Å²) in [6.07, 6.45) is 0. The molecule has 0 fully saturated rings. The Hall–Kier alpha value is -3.56. The summed E-state index contributed by atoms with van der Waals surface area (Å²) in [6, 6.07) is 25.3. The number of anilines is 1. The average Bonchev–Trinajstić information content (AvgIpc) is 2.62. The van der Waals surface area contributed by atoms with E-state index in [1.807, 2.05) is 66.7 Å².